The van der Waals surface area contributed by atoms with Gasteiger partial charge in [0.2, 0.25) is 10.0 Å². The predicted molar refractivity (Wildman–Crippen MR) is 84.1 cm³/mol. The van der Waals surface area contributed by atoms with E-state index in [1.807, 2.05) is 19.1 Å². The van der Waals surface area contributed by atoms with Crippen LogP contribution in [0.5, 0.6) is 0 Å². The van der Waals surface area contributed by atoms with E-state index in [2.05, 4.69) is 6.92 Å². The molecule has 0 bridgehead atoms. The Morgan fingerprint density at radius 2 is 2.14 bits per heavy atom. The van der Waals surface area contributed by atoms with Crippen LogP contribution in [-0.2, 0) is 20.6 Å². The third kappa shape index (κ3) is 3.42. The molecule has 2 rings (SSSR count). The summed E-state index contributed by atoms with van der Waals surface area (Å²) in [4.78, 5) is 0.352. The van der Waals surface area contributed by atoms with Crippen LogP contribution in [0.4, 0.5) is 0 Å². The number of alkyl halides is 1. The maximum absolute atomic E-state index is 12.9. The minimum absolute atomic E-state index is 0.0509. The zero-order valence-electron chi connectivity index (χ0n) is 12.7. The van der Waals surface area contributed by atoms with E-state index in [9.17, 15) is 8.42 Å². The zero-order chi connectivity index (χ0) is 15.6. The van der Waals surface area contributed by atoms with Crippen molar-refractivity contribution in [2.75, 3.05) is 20.2 Å². The lowest BCUT2D eigenvalue weighted by Crippen LogP contribution is -2.46. The number of ether oxygens (including phenoxy) is 1. The zero-order valence-corrected chi connectivity index (χ0v) is 14.2. The van der Waals surface area contributed by atoms with Gasteiger partial charge >= 0.3 is 0 Å². The summed E-state index contributed by atoms with van der Waals surface area (Å²) < 4.78 is 32.7. The summed E-state index contributed by atoms with van der Waals surface area (Å²) in [7, 11) is -1.86. The summed E-state index contributed by atoms with van der Waals surface area (Å²) in [6.45, 7) is 4.85. The topological polar surface area (TPSA) is 46.6 Å². The Kier molecular flexibility index (Phi) is 5.30. The molecule has 1 aliphatic rings. The van der Waals surface area contributed by atoms with Crippen molar-refractivity contribution in [3.8, 4) is 0 Å². The van der Waals surface area contributed by atoms with Crippen molar-refractivity contribution in [3.05, 3.63) is 29.3 Å². The van der Waals surface area contributed by atoms with Crippen molar-refractivity contribution >= 4 is 21.6 Å². The smallest absolute Gasteiger partial charge is 0.243 e. The van der Waals surface area contributed by atoms with Gasteiger partial charge in [0.1, 0.15) is 0 Å². The lowest BCUT2D eigenvalue weighted by atomic mass is 9.97. The fourth-order valence-corrected chi connectivity index (χ4v) is 4.58. The second kappa shape index (κ2) is 6.65. The maximum atomic E-state index is 12.9. The predicted octanol–water partition coefficient (Wildman–Crippen LogP) is 2.78. The lowest BCUT2D eigenvalue weighted by Gasteiger charge is -2.35. The van der Waals surface area contributed by atoms with Crippen LogP contribution in [0.3, 0.4) is 0 Å². The van der Waals surface area contributed by atoms with Gasteiger partial charge in [-0.1, -0.05) is 19.1 Å². The molecule has 1 saturated heterocycles. The number of benzene rings is 1. The van der Waals surface area contributed by atoms with Gasteiger partial charge in [0, 0.05) is 26.1 Å². The molecule has 0 saturated carbocycles. The van der Waals surface area contributed by atoms with E-state index in [4.69, 9.17) is 16.3 Å². The van der Waals surface area contributed by atoms with E-state index in [0.29, 0.717) is 29.8 Å². The molecule has 0 N–H and O–H groups in total. The van der Waals surface area contributed by atoms with Crippen LogP contribution in [0.1, 0.15) is 24.5 Å². The molecule has 1 aromatic rings. The molecule has 0 aromatic heterocycles. The van der Waals surface area contributed by atoms with Crippen molar-refractivity contribution < 1.29 is 13.2 Å². The highest BCUT2D eigenvalue weighted by atomic mass is 35.5. The van der Waals surface area contributed by atoms with Crippen LogP contribution >= 0.6 is 11.6 Å². The van der Waals surface area contributed by atoms with Crippen molar-refractivity contribution in [2.24, 2.45) is 5.92 Å². The summed E-state index contributed by atoms with van der Waals surface area (Å²) >= 11 is 5.82. The largest absolute Gasteiger partial charge is 0.380 e. The van der Waals surface area contributed by atoms with Crippen LogP contribution in [0.15, 0.2) is 23.1 Å². The number of hydrogen-bond acceptors (Lipinski definition) is 3. The maximum Gasteiger partial charge on any atom is 0.243 e. The Hall–Kier alpha value is -0.620. The molecule has 0 aliphatic carbocycles. The molecule has 1 aromatic carbocycles. The van der Waals surface area contributed by atoms with Crippen molar-refractivity contribution in [2.45, 2.75) is 37.1 Å². The fraction of sp³-hybridized carbons (Fsp3) is 0.600. The number of methoxy groups -OCH3 is 1. The number of piperidine rings is 1. The van der Waals surface area contributed by atoms with Crippen molar-refractivity contribution in [1.29, 1.82) is 0 Å². The first-order valence-electron chi connectivity index (χ1n) is 7.08. The minimum atomic E-state index is -3.50. The summed E-state index contributed by atoms with van der Waals surface area (Å²) in [5.41, 5.74) is 1.56. The lowest BCUT2D eigenvalue weighted by molar-refractivity contribution is 0.0183. The molecule has 1 aliphatic heterocycles. The third-order valence-electron chi connectivity index (χ3n) is 4.18. The first-order valence-corrected chi connectivity index (χ1v) is 9.06. The number of sulfonamides is 1. The molecule has 4 nitrogen and oxygen atoms in total. The van der Waals surface area contributed by atoms with Gasteiger partial charge in [-0.05, 0) is 36.5 Å². The fourth-order valence-electron chi connectivity index (χ4n) is 2.68. The molecule has 1 fully saturated rings. The second-order valence-electron chi connectivity index (χ2n) is 5.64. The number of aryl methyl sites for hydroxylation is 1. The summed E-state index contributed by atoms with van der Waals surface area (Å²) in [5.74, 6) is 0.678. The molecule has 0 spiro atoms. The normalized spacial score (nSPS) is 24.2. The average Bonchev–Trinajstić information content (AvgIpc) is 2.47. The van der Waals surface area contributed by atoms with E-state index in [-0.39, 0.29) is 6.10 Å². The van der Waals surface area contributed by atoms with Crippen LogP contribution in [-0.4, -0.2) is 39.0 Å². The Labute approximate surface area is 132 Å². The monoisotopic (exact) mass is 331 g/mol. The van der Waals surface area contributed by atoms with Gasteiger partial charge in [-0.25, -0.2) is 8.42 Å². The minimum Gasteiger partial charge on any atom is -0.380 e. The standard InChI is InChI=1S/C15H22ClNO3S/c1-11-6-7-17(10-14(11)20-3)21(18,19)15-8-13(9-16)5-4-12(15)2/h4-5,8,11,14H,6-7,9-10H2,1-3H3. The van der Waals surface area contributed by atoms with Gasteiger partial charge in [-0.15, -0.1) is 11.6 Å². The third-order valence-corrected chi connectivity index (χ3v) is 6.50. The van der Waals surface area contributed by atoms with E-state index in [1.54, 1.807) is 13.2 Å². The van der Waals surface area contributed by atoms with E-state index in [1.165, 1.54) is 4.31 Å². The summed E-state index contributed by atoms with van der Waals surface area (Å²) in [5, 5.41) is 0. The van der Waals surface area contributed by atoms with Gasteiger partial charge in [-0.3, -0.25) is 0 Å². The Morgan fingerprint density at radius 1 is 1.43 bits per heavy atom. The number of hydrogen-bond donors (Lipinski definition) is 0. The molecule has 0 amide bonds. The SMILES string of the molecule is COC1CN(S(=O)(=O)c2cc(CCl)ccc2C)CCC1C. The highest BCUT2D eigenvalue weighted by molar-refractivity contribution is 7.89. The highest BCUT2D eigenvalue weighted by Gasteiger charge is 2.34. The van der Waals surface area contributed by atoms with Crippen LogP contribution in [0.2, 0.25) is 0 Å². The molecular formula is C15H22ClNO3S. The van der Waals surface area contributed by atoms with Gasteiger partial charge in [0.05, 0.1) is 11.0 Å². The van der Waals surface area contributed by atoms with Gasteiger partial charge in [-0.2, -0.15) is 4.31 Å². The van der Waals surface area contributed by atoms with Gasteiger partial charge in [0.15, 0.2) is 0 Å². The first-order chi connectivity index (χ1) is 9.90. The molecule has 2 atom stereocenters. The van der Waals surface area contributed by atoms with E-state index in [0.717, 1.165) is 17.5 Å². The molecule has 6 heteroatoms. The number of rotatable bonds is 4. The van der Waals surface area contributed by atoms with Crippen molar-refractivity contribution in [1.82, 2.24) is 4.31 Å². The van der Waals surface area contributed by atoms with Gasteiger partial charge in [0.25, 0.3) is 0 Å². The Morgan fingerprint density at radius 3 is 2.76 bits per heavy atom. The first kappa shape index (κ1) is 16.7. The molecular weight excluding hydrogens is 310 g/mol. The molecule has 2 unspecified atom stereocenters. The quantitative estimate of drug-likeness (QED) is 0.797. The summed E-state index contributed by atoms with van der Waals surface area (Å²) in [6, 6.07) is 5.35. The second-order valence-corrected chi connectivity index (χ2v) is 7.81. The van der Waals surface area contributed by atoms with Gasteiger partial charge < -0.3 is 4.74 Å². The highest BCUT2D eigenvalue weighted by Crippen LogP contribution is 2.27. The van der Waals surface area contributed by atoms with Crippen LogP contribution in [0, 0.1) is 12.8 Å². The molecule has 118 valence electrons. The molecule has 1 heterocycles. The van der Waals surface area contributed by atoms with Crippen LogP contribution < -0.4 is 0 Å². The van der Waals surface area contributed by atoms with E-state index < -0.39 is 10.0 Å². The Balaban J connectivity index is 2.34. The average molecular weight is 332 g/mol. The number of halogens is 1. The van der Waals surface area contributed by atoms with Crippen LogP contribution in [0.25, 0.3) is 0 Å². The molecule has 0 radical (unpaired) electrons. The van der Waals surface area contributed by atoms with Crippen molar-refractivity contribution in [3.63, 3.8) is 0 Å². The molecule has 21 heavy (non-hydrogen) atoms. The Bertz CT molecular complexity index is 603. The summed E-state index contributed by atoms with van der Waals surface area (Å²) in [6.07, 6.45) is 0.761. The number of nitrogens with zero attached hydrogens (tertiary/aromatic N) is 1. The van der Waals surface area contributed by atoms with E-state index >= 15 is 0 Å².